The highest BCUT2D eigenvalue weighted by atomic mass is 16.1. The van der Waals surface area contributed by atoms with Crippen LogP contribution >= 0.6 is 0 Å². The van der Waals surface area contributed by atoms with Gasteiger partial charge in [0.25, 0.3) is 0 Å². The average Bonchev–Trinajstić information content (AvgIpc) is 3.10. The van der Waals surface area contributed by atoms with Crippen molar-refractivity contribution in [3.63, 3.8) is 0 Å². The van der Waals surface area contributed by atoms with E-state index >= 15 is 0 Å². The Morgan fingerprint density at radius 2 is 2.12 bits per heavy atom. The maximum absolute atomic E-state index is 11.4. The minimum Gasteiger partial charge on any atom is -0.322 e. The third-order valence-corrected chi connectivity index (χ3v) is 4.22. The Morgan fingerprint density at radius 3 is 2.92 bits per heavy atom. The van der Waals surface area contributed by atoms with Gasteiger partial charge in [-0.05, 0) is 47.6 Å². The van der Waals surface area contributed by atoms with Crippen molar-refractivity contribution in [1.82, 2.24) is 14.5 Å². The van der Waals surface area contributed by atoms with Gasteiger partial charge in [0.05, 0.1) is 6.33 Å². The summed E-state index contributed by atoms with van der Waals surface area (Å²) in [6.07, 6.45) is 13.7. The molecule has 0 amide bonds. The van der Waals surface area contributed by atoms with Crippen LogP contribution in [0.4, 0.5) is 0 Å². The Labute approximate surface area is 141 Å². The van der Waals surface area contributed by atoms with E-state index in [2.05, 4.69) is 35.2 Å². The summed E-state index contributed by atoms with van der Waals surface area (Å²) in [5, 5.41) is 1.05. The standard InChI is InChI=1S/C20H23N3O/c1-2-3-4-5-6-18(14-23-12-11-21-15-23)16-7-9-19-17(13-16)8-10-20(24)22-19/h7-15H,2-6H2,1H3,(H,22,24)/b18-14+. The van der Waals surface area contributed by atoms with Gasteiger partial charge in [-0.2, -0.15) is 0 Å². The van der Waals surface area contributed by atoms with Crippen LogP contribution in [0.3, 0.4) is 0 Å². The van der Waals surface area contributed by atoms with E-state index in [0.29, 0.717) is 0 Å². The zero-order valence-electron chi connectivity index (χ0n) is 14.0. The van der Waals surface area contributed by atoms with E-state index in [-0.39, 0.29) is 5.56 Å². The van der Waals surface area contributed by atoms with Crippen molar-refractivity contribution < 1.29 is 0 Å². The molecule has 0 bridgehead atoms. The maximum Gasteiger partial charge on any atom is 0.248 e. The molecule has 2 heterocycles. The zero-order valence-corrected chi connectivity index (χ0v) is 14.0. The lowest BCUT2D eigenvalue weighted by atomic mass is 9.98. The highest BCUT2D eigenvalue weighted by Gasteiger charge is 2.05. The summed E-state index contributed by atoms with van der Waals surface area (Å²) in [6.45, 7) is 2.23. The first kappa shape index (κ1) is 16.2. The summed E-state index contributed by atoms with van der Waals surface area (Å²) < 4.78 is 1.99. The SMILES string of the molecule is CCCCCC/C(=C\n1ccnc1)c1ccc2[nH]c(=O)ccc2c1. The number of aromatic nitrogens is 3. The average molecular weight is 321 g/mol. The smallest absolute Gasteiger partial charge is 0.248 e. The highest BCUT2D eigenvalue weighted by molar-refractivity contribution is 5.85. The van der Waals surface area contributed by atoms with Gasteiger partial charge >= 0.3 is 0 Å². The number of nitrogens with zero attached hydrogens (tertiary/aromatic N) is 2. The maximum atomic E-state index is 11.4. The van der Waals surface area contributed by atoms with E-state index in [0.717, 1.165) is 17.3 Å². The number of benzene rings is 1. The van der Waals surface area contributed by atoms with E-state index in [9.17, 15) is 4.79 Å². The van der Waals surface area contributed by atoms with Crippen LogP contribution in [-0.4, -0.2) is 14.5 Å². The lowest BCUT2D eigenvalue weighted by Crippen LogP contribution is -2.02. The number of nitrogens with one attached hydrogen (secondary N) is 1. The molecule has 0 unspecified atom stereocenters. The van der Waals surface area contributed by atoms with E-state index in [1.807, 2.05) is 29.2 Å². The van der Waals surface area contributed by atoms with Crippen molar-refractivity contribution in [1.29, 1.82) is 0 Å². The first-order chi connectivity index (χ1) is 11.8. The number of unbranched alkanes of at least 4 members (excludes halogenated alkanes) is 3. The lowest BCUT2D eigenvalue weighted by Gasteiger charge is -2.10. The number of rotatable bonds is 7. The van der Waals surface area contributed by atoms with Crippen LogP contribution in [-0.2, 0) is 0 Å². The van der Waals surface area contributed by atoms with E-state index in [1.54, 1.807) is 12.3 Å². The van der Waals surface area contributed by atoms with Crippen LogP contribution in [0, 0.1) is 0 Å². The van der Waals surface area contributed by atoms with Crippen molar-refractivity contribution in [3.8, 4) is 0 Å². The Hall–Kier alpha value is -2.62. The Kier molecular flexibility index (Phi) is 5.26. The normalized spacial score (nSPS) is 12.0. The van der Waals surface area contributed by atoms with Crippen molar-refractivity contribution in [3.05, 3.63) is 65.0 Å². The monoisotopic (exact) mass is 321 g/mol. The second kappa shape index (κ2) is 7.77. The molecular weight excluding hydrogens is 298 g/mol. The molecule has 3 rings (SSSR count). The molecule has 0 aliphatic carbocycles. The van der Waals surface area contributed by atoms with Crippen LogP contribution < -0.4 is 5.56 Å². The Morgan fingerprint density at radius 1 is 1.21 bits per heavy atom. The Balaban J connectivity index is 1.92. The topological polar surface area (TPSA) is 50.7 Å². The molecule has 4 heteroatoms. The number of hydrogen-bond donors (Lipinski definition) is 1. The number of H-pyrrole nitrogens is 1. The molecule has 0 spiro atoms. The number of imidazole rings is 1. The fourth-order valence-corrected chi connectivity index (χ4v) is 2.91. The molecule has 1 aromatic carbocycles. The third-order valence-electron chi connectivity index (χ3n) is 4.22. The molecule has 2 aromatic heterocycles. The second-order valence-electron chi connectivity index (χ2n) is 6.10. The van der Waals surface area contributed by atoms with Crippen LogP contribution in [0.25, 0.3) is 22.7 Å². The number of allylic oxidation sites excluding steroid dienone is 1. The largest absolute Gasteiger partial charge is 0.322 e. The van der Waals surface area contributed by atoms with Gasteiger partial charge < -0.3 is 9.55 Å². The van der Waals surface area contributed by atoms with Gasteiger partial charge in [-0.15, -0.1) is 0 Å². The van der Waals surface area contributed by atoms with Gasteiger partial charge in [-0.3, -0.25) is 4.79 Å². The molecule has 0 atom stereocenters. The molecule has 0 aliphatic heterocycles. The summed E-state index contributed by atoms with van der Waals surface area (Å²) in [4.78, 5) is 18.4. The predicted molar refractivity (Wildman–Crippen MR) is 99.7 cm³/mol. The fourth-order valence-electron chi connectivity index (χ4n) is 2.91. The third kappa shape index (κ3) is 4.02. The van der Waals surface area contributed by atoms with Gasteiger partial charge in [-0.1, -0.05) is 32.3 Å². The van der Waals surface area contributed by atoms with Gasteiger partial charge in [0.15, 0.2) is 0 Å². The number of aromatic amines is 1. The van der Waals surface area contributed by atoms with E-state index < -0.39 is 0 Å². The van der Waals surface area contributed by atoms with Gasteiger partial charge in [0.2, 0.25) is 5.56 Å². The number of hydrogen-bond acceptors (Lipinski definition) is 2. The minimum atomic E-state index is -0.0657. The van der Waals surface area contributed by atoms with Crippen LogP contribution in [0.5, 0.6) is 0 Å². The number of pyridine rings is 1. The molecule has 4 nitrogen and oxygen atoms in total. The predicted octanol–water partition coefficient (Wildman–Crippen LogP) is 4.69. The molecule has 0 saturated heterocycles. The zero-order chi connectivity index (χ0) is 16.8. The van der Waals surface area contributed by atoms with E-state index in [1.165, 1.54) is 36.8 Å². The fraction of sp³-hybridized carbons (Fsp3) is 0.300. The molecule has 0 fully saturated rings. The summed E-state index contributed by atoms with van der Waals surface area (Å²) in [6, 6.07) is 9.67. The highest BCUT2D eigenvalue weighted by Crippen LogP contribution is 2.25. The van der Waals surface area contributed by atoms with Crippen LogP contribution in [0.2, 0.25) is 0 Å². The van der Waals surface area contributed by atoms with Crippen LogP contribution in [0.1, 0.15) is 44.6 Å². The molecule has 0 radical (unpaired) electrons. The molecule has 0 aliphatic rings. The van der Waals surface area contributed by atoms with Gasteiger partial charge in [0, 0.05) is 30.2 Å². The van der Waals surface area contributed by atoms with Crippen molar-refractivity contribution in [2.75, 3.05) is 0 Å². The quantitative estimate of drug-likeness (QED) is 0.642. The second-order valence-corrected chi connectivity index (χ2v) is 6.10. The van der Waals surface area contributed by atoms with E-state index in [4.69, 9.17) is 0 Å². The van der Waals surface area contributed by atoms with Gasteiger partial charge in [0.1, 0.15) is 0 Å². The first-order valence-electron chi connectivity index (χ1n) is 8.58. The van der Waals surface area contributed by atoms with Crippen LogP contribution in [0.15, 0.2) is 53.8 Å². The van der Waals surface area contributed by atoms with Gasteiger partial charge in [-0.25, -0.2) is 4.98 Å². The summed E-state index contributed by atoms with van der Waals surface area (Å²) in [5.41, 5.74) is 3.29. The van der Waals surface area contributed by atoms with Crippen molar-refractivity contribution in [2.45, 2.75) is 39.0 Å². The first-order valence-corrected chi connectivity index (χ1v) is 8.58. The summed E-state index contributed by atoms with van der Waals surface area (Å²) in [5.74, 6) is 0. The molecule has 124 valence electrons. The molecule has 1 N–H and O–H groups in total. The van der Waals surface area contributed by atoms with Crippen molar-refractivity contribution in [2.24, 2.45) is 0 Å². The molecule has 3 aromatic rings. The molecule has 24 heavy (non-hydrogen) atoms. The van der Waals surface area contributed by atoms with Crippen molar-refractivity contribution >= 4 is 22.7 Å². The Bertz CT molecular complexity index is 875. The molecule has 0 saturated carbocycles. The lowest BCUT2D eigenvalue weighted by molar-refractivity contribution is 0.679. The number of fused-ring (bicyclic) bond motifs is 1. The minimum absolute atomic E-state index is 0.0657. The molecular formula is C20H23N3O. The summed E-state index contributed by atoms with van der Waals surface area (Å²) >= 11 is 0. The summed E-state index contributed by atoms with van der Waals surface area (Å²) in [7, 11) is 0.